The normalized spacial score (nSPS) is 13.3. The van der Waals surface area contributed by atoms with Crippen LogP contribution in [0.15, 0.2) is 24.3 Å². The quantitative estimate of drug-likeness (QED) is 0.861. The first-order valence-electron chi connectivity index (χ1n) is 7.28. The van der Waals surface area contributed by atoms with E-state index in [0.717, 1.165) is 31.2 Å². The first-order valence-corrected chi connectivity index (χ1v) is 7.28. The number of nitrogens with one attached hydrogen (secondary N) is 1. The summed E-state index contributed by atoms with van der Waals surface area (Å²) in [5, 5.41) is 9.51. The molecule has 0 aliphatic carbocycles. The lowest BCUT2D eigenvalue weighted by Crippen LogP contribution is -2.24. The molecule has 0 bridgehead atoms. The fourth-order valence-electron chi connectivity index (χ4n) is 2.22. The molecule has 0 fully saturated rings. The minimum absolute atomic E-state index is 0.694. The standard InChI is InChI=1S/C16H25N3/c1-5-19-16-9-7-6-8-14(16)15(18-19)11-17-10-13(4)12(2)3/h6-9,12-13,17H,5,10-11H2,1-4H3. The lowest BCUT2D eigenvalue weighted by atomic mass is 9.98. The van der Waals surface area contributed by atoms with Crippen LogP contribution >= 0.6 is 0 Å². The molecule has 0 spiro atoms. The van der Waals surface area contributed by atoms with Crippen molar-refractivity contribution in [2.75, 3.05) is 6.54 Å². The van der Waals surface area contributed by atoms with Crippen molar-refractivity contribution in [1.29, 1.82) is 0 Å². The van der Waals surface area contributed by atoms with Crippen LogP contribution in [0.4, 0.5) is 0 Å². The molecule has 0 radical (unpaired) electrons. The number of aromatic nitrogens is 2. The maximum atomic E-state index is 4.70. The van der Waals surface area contributed by atoms with Gasteiger partial charge in [-0.3, -0.25) is 4.68 Å². The molecular weight excluding hydrogens is 234 g/mol. The molecule has 3 nitrogen and oxygen atoms in total. The Morgan fingerprint density at radius 3 is 2.63 bits per heavy atom. The molecule has 2 aromatic rings. The highest BCUT2D eigenvalue weighted by molar-refractivity contribution is 5.81. The average Bonchev–Trinajstić information content (AvgIpc) is 2.77. The van der Waals surface area contributed by atoms with Gasteiger partial charge in [-0.1, -0.05) is 39.0 Å². The van der Waals surface area contributed by atoms with Crippen LogP contribution in [0.25, 0.3) is 10.9 Å². The van der Waals surface area contributed by atoms with Gasteiger partial charge in [-0.2, -0.15) is 5.10 Å². The molecule has 1 unspecified atom stereocenters. The number of para-hydroxylation sites is 1. The van der Waals surface area contributed by atoms with Crippen LogP contribution in [0.2, 0.25) is 0 Å². The molecule has 1 N–H and O–H groups in total. The lowest BCUT2D eigenvalue weighted by Gasteiger charge is -2.15. The predicted molar refractivity (Wildman–Crippen MR) is 81.1 cm³/mol. The van der Waals surface area contributed by atoms with Crippen molar-refractivity contribution < 1.29 is 0 Å². The first-order chi connectivity index (χ1) is 9.13. The molecule has 3 heteroatoms. The summed E-state index contributed by atoms with van der Waals surface area (Å²) < 4.78 is 2.08. The zero-order chi connectivity index (χ0) is 13.8. The number of fused-ring (bicyclic) bond motifs is 1. The number of benzene rings is 1. The molecule has 1 heterocycles. The summed E-state index contributed by atoms with van der Waals surface area (Å²) in [7, 11) is 0. The van der Waals surface area contributed by atoms with Gasteiger partial charge in [-0.25, -0.2) is 0 Å². The minimum Gasteiger partial charge on any atom is -0.311 e. The largest absolute Gasteiger partial charge is 0.311 e. The number of hydrogen-bond acceptors (Lipinski definition) is 2. The first kappa shape index (κ1) is 14.1. The third kappa shape index (κ3) is 3.16. The highest BCUT2D eigenvalue weighted by atomic mass is 15.3. The van der Waals surface area contributed by atoms with E-state index in [1.54, 1.807) is 0 Å². The molecule has 0 aliphatic heterocycles. The summed E-state index contributed by atoms with van der Waals surface area (Å²) in [5.74, 6) is 1.41. The van der Waals surface area contributed by atoms with E-state index >= 15 is 0 Å². The van der Waals surface area contributed by atoms with Crippen LogP contribution in [-0.4, -0.2) is 16.3 Å². The van der Waals surface area contributed by atoms with Gasteiger partial charge >= 0.3 is 0 Å². The molecule has 1 atom stereocenters. The Hall–Kier alpha value is -1.35. The molecule has 1 aromatic heterocycles. The Labute approximate surface area is 116 Å². The lowest BCUT2D eigenvalue weighted by molar-refractivity contribution is 0.391. The molecule has 104 valence electrons. The van der Waals surface area contributed by atoms with Crippen LogP contribution < -0.4 is 5.32 Å². The Bertz CT molecular complexity index is 528. The molecule has 0 amide bonds. The topological polar surface area (TPSA) is 29.9 Å². The SMILES string of the molecule is CCn1nc(CNCC(C)C(C)C)c2ccccc21. The van der Waals surface area contributed by atoms with E-state index in [0.29, 0.717) is 5.92 Å². The zero-order valence-electron chi connectivity index (χ0n) is 12.5. The summed E-state index contributed by atoms with van der Waals surface area (Å²) in [6.07, 6.45) is 0. The summed E-state index contributed by atoms with van der Waals surface area (Å²) in [4.78, 5) is 0. The summed E-state index contributed by atoms with van der Waals surface area (Å²) in [6, 6.07) is 8.47. The summed E-state index contributed by atoms with van der Waals surface area (Å²) in [6.45, 7) is 11.8. The zero-order valence-corrected chi connectivity index (χ0v) is 12.5. The van der Waals surface area contributed by atoms with Gasteiger partial charge in [0.25, 0.3) is 0 Å². The van der Waals surface area contributed by atoms with E-state index in [2.05, 4.69) is 62.0 Å². The van der Waals surface area contributed by atoms with Gasteiger partial charge < -0.3 is 5.32 Å². The third-order valence-corrected chi connectivity index (χ3v) is 3.93. The Kier molecular flexibility index (Phi) is 4.59. The highest BCUT2D eigenvalue weighted by Crippen LogP contribution is 2.18. The van der Waals surface area contributed by atoms with Crippen LogP contribution in [-0.2, 0) is 13.1 Å². The smallest absolute Gasteiger partial charge is 0.0841 e. The maximum absolute atomic E-state index is 4.70. The van der Waals surface area contributed by atoms with Crippen molar-refractivity contribution >= 4 is 10.9 Å². The van der Waals surface area contributed by atoms with Gasteiger partial charge in [0.15, 0.2) is 0 Å². The van der Waals surface area contributed by atoms with Gasteiger partial charge in [-0.15, -0.1) is 0 Å². The molecule has 2 rings (SSSR count). The second kappa shape index (κ2) is 6.20. The number of rotatable bonds is 6. The minimum atomic E-state index is 0.694. The van der Waals surface area contributed by atoms with E-state index in [1.807, 2.05) is 0 Å². The number of aryl methyl sites for hydroxylation is 1. The van der Waals surface area contributed by atoms with Gasteiger partial charge in [0.1, 0.15) is 0 Å². The third-order valence-electron chi connectivity index (χ3n) is 3.93. The maximum Gasteiger partial charge on any atom is 0.0841 e. The van der Waals surface area contributed by atoms with Gasteiger partial charge in [0, 0.05) is 18.5 Å². The Morgan fingerprint density at radius 1 is 1.21 bits per heavy atom. The van der Waals surface area contributed by atoms with Gasteiger partial charge in [-0.05, 0) is 31.4 Å². The predicted octanol–water partition coefficient (Wildman–Crippen LogP) is 3.44. The highest BCUT2D eigenvalue weighted by Gasteiger charge is 2.10. The van der Waals surface area contributed by atoms with Crippen molar-refractivity contribution in [2.45, 2.75) is 40.8 Å². The second-order valence-corrected chi connectivity index (χ2v) is 5.63. The van der Waals surface area contributed by atoms with Crippen molar-refractivity contribution in [1.82, 2.24) is 15.1 Å². The molecule has 0 saturated heterocycles. The summed E-state index contributed by atoms with van der Waals surface area (Å²) in [5.41, 5.74) is 2.40. The van der Waals surface area contributed by atoms with Crippen LogP contribution in [0.3, 0.4) is 0 Å². The molecule has 0 aliphatic rings. The van der Waals surface area contributed by atoms with E-state index in [4.69, 9.17) is 5.10 Å². The van der Waals surface area contributed by atoms with Gasteiger partial charge in [0.05, 0.1) is 11.2 Å². The van der Waals surface area contributed by atoms with Crippen LogP contribution in [0.5, 0.6) is 0 Å². The molecular formula is C16H25N3. The van der Waals surface area contributed by atoms with E-state index in [1.165, 1.54) is 10.9 Å². The van der Waals surface area contributed by atoms with Gasteiger partial charge in [0.2, 0.25) is 0 Å². The summed E-state index contributed by atoms with van der Waals surface area (Å²) >= 11 is 0. The second-order valence-electron chi connectivity index (χ2n) is 5.63. The van der Waals surface area contributed by atoms with Crippen molar-refractivity contribution in [3.63, 3.8) is 0 Å². The Morgan fingerprint density at radius 2 is 1.95 bits per heavy atom. The van der Waals surface area contributed by atoms with Crippen molar-refractivity contribution in [3.05, 3.63) is 30.0 Å². The number of nitrogens with zero attached hydrogens (tertiary/aromatic N) is 2. The molecule has 19 heavy (non-hydrogen) atoms. The molecule has 1 aromatic carbocycles. The Balaban J connectivity index is 2.08. The van der Waals surface area contributed by atoms with Crippen molar-refractivity contribution in [3.8, 4) is 0 Å². The van der Waals surface area contributed by atoms with E-state index < -0.39 is 0 Å². The van der Waals surface area contributed by atoms with E-state index in [9.17, 15) is 0 Å². The van der Waals surface area contributed by atoms with Crippen molar-refractivity contribution in [2.24, 2.45) is 11.8 Å². The fraction of sp³-hybridized carbons (Fsp3) is 0.562. The number of hydrogen-bond donors (Lipinski definition) is 1. The average molecular weight is 259 g/mol. The fourth-order valence-corrected chi connectivity index (χ4v) is 2.22. The van der Waals surface area contributed by atoms with Crippen LogP contribution in [0, 0.1) is 11.8 Å². The van der Waals surface area contributed by atoms with E-state index in [-0.39, 0.29) is 0 Å². The van der Waals surface area contributed by atoms with Crippen LogP contribution in [0.1, 0.15) is 33.4 Å². The monoisotopic (exact) mass is 259 g/mol. The molecule has 0 saturated carbocycles.